The van der Waals surface area contributed by atoms with Crippen molar-refractivity contribution < 1.29 is 4.74 Å². The lowest BCUT2D eigenvalue weighted by Gasteiger charge is -2.18. The molecular weight excluding hydrogens is 432 g/mol. The van der Waals surface area contributed by atoms with Crippen LogP contribution in [0.15, 0.2) is 91.1 Å². The number of fused-ring (bicyclic) bond motifs is 1. The second-order valence-corrected chi connectivity index (χ2v) is 8.56. The van der Waals surface area contributed by atoms with Gasteiger partial charge in [-0.2, -0.15) is 0 Å². The number of aryl methyl sites for hydroxylation is 1. The predicted molar refractivity (Wildman–Crippen MR) is 152 cm³/mol. The maximum atomic E-state index is 5.36. The van der Waals surface area contributed by atoms with Gasteiger partial charge in [0.2, 0.25) is 5.78 Å². The van der Waals surface area contributed by atoms with Gasteiger partial charge in [0.1, 0.15) is 11.6 Å². The Bertz CT molecular complexity index is 1260. The molecule has 2 atom stereocenters. The van der Waals surface area contributed by atoms with E-state index in [1.807, 2.05) is 38.2 Å². The number of hydrogen-bond acceptors (Lipinski definition) is 3. The summed E-state index contributed by atoms with van der Waals surface area (Å²) in [5, 5.41) is 0. The van der Waals surface area contributed by atoms with E-state index in [1.165, 1.54) is 5.57 Å². The van der Waals surface area contributed by atoms with Gasteiger partial charge in [0.25, 0.3) is 0 Å². The smallest absolute Gasteiger partial charge is 0.221 e. The van der Waals surface area contributed by atoms with Crippen molar-refractivity contribution >= 4 is 30.0 Å². The molecule has 0 saturated carbocycles. The highest BCUT2D eigenvalue weighted by molar-refractivity contribution is 5.77. The summed E-state index contributed by atoms with van der Waals surface area (Å²) in [6.45, 7) is 27.6. The van der Waals surface area contributed by atoms with Crippen molar-refractivity contribution in [3.05, 3.63) is 103 Å². The van der Waals surface area contributed by atoms with Crippen molar-refractivity contribution in [3.63, 3.8) is 0 Å². The van der Waals surface area contributed by atoms with Gasteiger partial charge in [0.05, 0.1) is 17.1 Å². The SMILES string of the molecule is C=CC=N/C(=C\C)n1c(/C=C(/C)C(C)C(C)/C=C\C=C/C(=C)OC(=C)C)cn2c(C)c(C=C)nc12. The zero-order valence-electron chi connectivity index (χ0n) is 22.0. The van der Waals surface area contributed by atoms with Crippen LogP contribution in [0.25, 0.3) is 23.8 Å². The van der Waals surface area contributed by atoms with E-state index in [0.717, 1.165) is 28.7 Å². The van der Waals surface area contributed by atoms with Crippen LogP contribution in [0, 0.1) is 18.8 Å². The molecule has 0 aromatic carbocycles. The summed E-state index contributed by atoms with van der Waals surface area (Å²) in [7, 11) is 0. The van der Waals surface area contributed by atoms with Gasteiger partial charge in [-0.25, -0.2) is 9.98 Å². The molecule has 2 heterocycles. The highest BCUT2D eigenvalue weighted by Crippen LogP contribution is 2.27. The van der Waals surface area contributed by atoms with Crippen molar-refractivity contribution in [2.24, 2.45) is 16.8 Å². The molecule has 0 aliphatic carbocycles. The molecule has 0 spiro atoms. The largest absolute Gasteiger partial charge is 0.463 e. The van der Waals surface area contributed by atoms with Gasteiger partial charge in [-0.3, -0.25) is 8.97 Å². The van der Waals surface area contributed by atoms with E-state index < -0.39 is 0 Å². The van der Waals surface area contributed by atoms with Gasteiger partial charge in [0, 0.05) is 18.1 Å². The molecule has 0 radical (unpaired) electrons. The molecule has 0 fully saturated rings. The average Bonchev–Trinajstić information content (AvgIpc) is 3.31. The fourth-order valence-electron chi connectivity index (χ4n) is 3.66. The molecule has 0 amide bonds. The molecule has 0 N–H and O–H groups in total. The lowest BCUT2D eigenvalue weighted by atomic mass is 9.88. The maximum Gasteiger partial charge on any atom is 0.221 e. The first-order valence-electron chi connectivity index (χ1n) is 11.7. The molecule has 5 nitrogen and oxygen atoms in total. The quantitative estimate of drug-likeness (QED) is 0.179. The minimum absolute atomic E-state index is 0.320. The third-order valence-electron chi connectivity index (χ3n) is 5.88. The van der Waals surface area contributed by atoms with Crippen LogP contribution in [0.3, 0.4) is 0 Å². The first kappa shape index (κ1) is 27.4. The highest BCUT2D eigenvalue weighted by Gasteiger charge is 2.18. The molecule has 2 aromatic heterocycles. The molecule has 0 saturated heterocycles. The van der Waals surface area contributed by atoms with Crippen LogP contribution in [0.2, 0.25) is 0 Å². The van der Waals surface area contributed by atoms with Crippen LogP contribution in [0.5, 0.6) is 0 Å². The molecule has 0 bridgehead atoms. The van der Waals surface area contributed by atoms with Crippen molar-refractivity contribution in [1.82, 2.24) is 14.0 Å². The summed E-state index contributed by atoms with van der Waals surface area (Å²) in [6.07, 6.45) is 19.4. The molecule has 35 heavy (non-hydrogen) atoms. The number of allylic oxidation sites excluding steroid dienone is 8. The van der Waals surface area contributed by atoms with E-state index >= 15 is 0 Å². The Morgan fingerprint density at radius 1 is 1.17 bits per heavy atom. The van der Waals surface area contributed by atoms with Crippen LogP contribution >= 0.6 is 0 Å². The van der Waals surface area contributed by atoms with Gasteiger partial charge in [-0.1, -0.05) is 70.0 Å². The number of ether oxygens (including phenoxy) is 1. The van der Waals surface area contributed by atoms with Crippen LogP contribution in [0.1, 0.15) is 51.7 Å². The van der Waals surface area contributed by atoms with E-state index in [0.29, 0.717) is 23.4 Å². The van der Waals surface area contributed by atoms with Crippen molar-refractivity contribution in [3.8, 4) is 0 Å². The van der Waals surface area contributed by atoms with E-state index in [9.17, 15) is 0 Å². The minimum atomic E-state index is 0.320. The van der Waals surface area contributed by atoms with Gasteiger partial charge in [-0.05, 0) is 63.8 Å². The third kappa shape index (κ3) is 6.82. The fraction of sp³-hybridized carbons (Fsp3) is 0.267. The Labute approximate surface area is 210 Å². The maximum absolute atomic E-state index is 5.36. The number of hydrogen-bond donors (Lipinski definition) is 0. The monoisotopic (exact) mass is 470 g/mol. The molecule has 0 aliphatic rings. The fourth-order valence-corrected chi connectivity index (χ4v) is 3.66. The minimum Gasteiger partial charge on any atom is -0.463 e. The summed E-state index contributed by atoms with van der Waals surface area (Å²) in [5.41, 5.74) is 4.17. The number of aromatic nitrogens is 3. The molecule has 5 heteroatoms. The van der Waals surface area contributed by atoms with Crippen LogP contribution < -0.4 is 0 Å². The Kier molecular flexibility index (Phi) is 9.83. The predicted octanol–water partition coefficient (Wildman–Crippen LogP) is 8.01. The van der Waals surface area contributed by atoms with Gasteiger partial charge >= 0.3 is 0 Å². The van der Waals surface area contributed by atoms with Crippen LogP contribution in [-0.2, 0) is 4.74 Å². The highest BCUT2D eigenvalue weighted by atomic mass is 16.5. The lowest BCUT2D eigenvalue weighted by molar-refractivity contribution is 0.326. The summed E-state index contributed by atoms with van der Waals surface area (Å²) >= 11 is 0. The second kappa shape index (κ2) is 12.6. The molecular formula is C30H38N4O. The topological polar surface area (TPSA) is 43.8 Å². The molecule has 184 valence electrons. The van der Waals surface area contributed by atoms with Gasteiger partial charge in [-0.15, -0.1) is 0 Å². The molecule has 2 rings (SSSR count). The standard InChI is InChI=1S/C30H38N4O/c1-11-18-31-29(13-3)34-27(20-33-26(10)28(12-2)32-30(33)34)19-23(7)25(9)22(6)16-14-15-17-24(8)35-21(4)5/h11-20,22,25H,1-2,4,8H2,3,5-7,9-10H3/b16-14-,17-15-,23-19-,29-13+,31-18?. The summed E-state index contributed by atoms with van der Waals surface area (Å²) in [5.74, 6) is 3.42. The zero-order chi connectivity index (χ0) is 26.1. The zero-order valence-corrected chi connectivity index (χ0v) is 22.0. The van der Waals surface area contributed by atoms with E-state index in [1.54, 1.807) is 25.3 Å². The molecule has 2 unspecified atom stereocenters. The van der Waals surface area contributed by atoms with Crippen molar-refractivity contribution in [2.75, 3.05) is 0 Å². The number of aliphatic imine (C=N–C) groups is 1. The van der Waals surface area contributed by atoms with Crippen molar-refractivity contribution in [1.29, 1.82) is 0 Å². The third-order valence-corrected chi connectivity index (χ3v) is 5.88. The van der Waals surface area contributed by atoms with Gasteiger partial charge < -0.3 is 4.74 Å². The van der Waals surface area contributed by atoms with Crippen LogP contribution in [-0.4, -0.2) is 20.2 Å². The number of imidazole rings is 2. The first-order chi connectivity index (χ1) is 16.6. The average molecular weight is 471 g/mol. The van der Waals surface area contributed by atoms with Crippen LogP contribution in [0.4, 0.5) is 0 Å². The normalized spacial score (nSPS) is 14.8. The van der Waals surface area contributed by atoms with Gasteiger partial charge in [0.15, 0.2) is 0 Å². The first-order valence-corrected chi connectivity index (χ1v) is 11.7. The molecule has 0 aliphatic heterocycles. The summed E-state index contributed by atoms with van der Waals surface area (Å²) in [6, 6.07) is 0. The van der Waals surface area contributed by atoms with E-state index in [4.69, 9.17) is 9.72 Å². The van der Waals surface area contributed by atoms with E-state index in [-0.39, 0.29) is 0 Å². The lowest BCUT2D eigenvalue weighted by Crippen LogP contribution is -2.07. The molecule has 2 aromatic rings. The Morgan fingerprint density at radius 2 is 1.89 bits per heavy atom. The number of nitrogens with zero attached hydrogens (tertiary/aromatic N) is 4. The second-order valence-electron chi connectivity index (χ2n) is 8.56. The van der Waals surface area contributed by atoms with Crippen molar-refractivity contribution in [2.45, 2.75) is 41.5 Å². The Hall–Kier alpha value is -3.86. The Balaban J connectivity index is 2.39. The number of rotatable bonds is 12. The summed E-state index contributed by atoms with van der Waals surface area (Å²) < 4.78 is 9.51. The Morgan fingerprint density at radius 3 is 2.49 bits per heavy atom. The summed E-state index contributed by atoms with van der Waals surface area (Å²) in [4.78, 5) is 9.37. The van der Waals surface area contributed by atoms with E-state index in [2.05, 4.69) is 79.4 Å².